The number of nitrogens with zero attached hydrogens (tertiary/aromatic N) is 1. The summed E-state index contributed by atoms with van der Waals surface area (Å²) in [7, 11) is 1.23. The van der Waals surface area contributed by atoms with Gasteiger partial charge in [-0.3, -0.25) is 9.69 Å². The molecule has 0 aliphatic carbocycles. The molecule has 0 fully saturated rings. The van der Waals surface area contributed by atoms with E-state index in [1.807, 2.05) is 0 Å². The third kappa shape index (κ3) is 3.02. The molecule has 0 N–H and O–H groups in total. The lowest BCUT2D eigenvalue weighted by molar-refractivity contribution is -0.136. The van der Waals surface area contributed by atoms with Crippen LogP contribution in [0.2, 0.25) is 5.02 Å². The molecule has 0 saturated carbocycles. The van der Waals surface area contributed by atoms with Gasteiger partial charge >= 0.3 is 5.97 Å². The zero-order chi connectivity index (χ0) is 18.8. The predicted molar refractivity (Wildman–Crippen MR) is 98.0 cm³/mol. The molecular weight excluding hydrogens is 357 g/mol. The molecule has 1 aliphatic rings. The van der Waals surface area contributed by atoms with E-state index in [9.17, 15) is 14.0 Å². The van der Waals surface area contributed by atoms with Crippen molar-refractivity contribution in [1.29, 1.82) is 0 Å². The second-order valence-electron chi connectivity index (χ2n) is 5.62. The lowest BCUT2D eigenvalue weighted by atomic mass is 10.0. The van der Waals surface area contributed by atoms with Gasteiger partial charge in [-0.1, -0.05) is 41.9 Å². The van der Waals surface area contributed by atoms with Crippen LogP contribution in [0, 0.1) is 5.82 Å². The Morgan fingerprint density at radius 3 is 2.46 bits per heavy atom. The van der Waals surface area contributed by atoms with Gasteiger partial charge in [0, 0.05) is 10.7 Å². The third-order valence-electron chi connectivity index (χ3n) is 4.09. The Morgan fingerprint density at radius 2 is 1.81 bits per heavy atom. The molecule has 0 saturated heterocycles. The van der Waals surface area contributed by atoms with E-state index in [4.69, 9.17) is 16.3 Å². The van der Waals surface area contributed by atoms with Gasteiger partial charge in [-0.25, -0.2) is 9.18 Å². The van der Waals surface area contributed by atoms with Crippen molar-refractivity contribution in [2.45, 2.75) is 6.92 Å². The summed E-state index contributed by atoms with van der Waals surface area (Å²) in [5.41, 5.74) is 1.12. The number of hydrogen-bond donors (Lipinski definition) is 0. The van der Waals surface area contributed by atoms with Gasteiger partial charge in [-0.05, 0) is 36.8 Å². The topological polar surface area (TPSA) is 46.6 Å². The first-order valence-corrected chi connectivity index (χ1v) is 8.18. The van der Waals surface area contributed by atoms with Crippen LogP contribution >= 0.6 is 11.6 Å². The van der Waals surface area contributed by atoms with Gasteiger partial charge in [-0.15, -0.1) is 0 Å². The number of anilines is 1. The number of methoxy groups -OCH3 is 1. The molecule has 6 heteroatoms. The number of ether oxygens (including phenoxy) is 1. The number of hydrogen-bond acceptors (Lipinski definition) is 3. The van der Waals surface area contributed by atoms with E-state index in [2.05, 4.69) is 0 Å². The number of allylic oxidation sites excluding steroid dienone is 1. The van der Waals surface area contributed by atoms with Gasteiger partial charge < -0.3 is 4.74 Å². The maximum absolute atomic E-state index is 14.2. The van der Waals surface area contributed by atoms with Crippen LogP contribution in [0.15, 0.2) is 65.4 Å². The molecule has 3 rings (SSSR count). The van der Waals surface area contributed by atoms with Crippen molar-refractivity contribution >= 4 is 35.2 Å². The van der Waals surface area contributed by atoms with Gasteiger partial charge in [0.2, 0.25) is 0 Å². The Morgan fingerprint density at radius 1 is 1.15 bits per heavy atom. The first kappa shape index (κ1) is 17.9. The van der Waals surface area contributed by atoms with Crippen molar-refractivity contribution in [2.24, 2.45) is 0 Å². The highest BCUT2D eigenvalue weighted by Crippen LogP contribution is 2.37. The molecule has 2 aromatic carbocycles. The standard InChI is InChI=1S/C20H15ClFNO3/c1-12-18(20(25)26-2)14(11-13-7-3-4-8-15(13)21)19(24)23(12)17-10-6-5-9-16(17)22/h3-11H,1-2H3/b14-11-. The van der Waals surface area contributed by atoms with Crippen molar-refractivity contribution in [2.75, 3.05) is 12.0 Å². The Hall–Kier alpha value is -2.92. The Bertz CT molecular complexity index is 965. The fourth-order valence-electron chi connectivity index (χ4n) is 2.85. The van der Waals surface area contributed by atoms with Gasteiger partial charge in [0.1, 0.15) is 5.82 Å². The number of carbonyl (C=O) groups is 2. The number of amides is 1. The second kappa shape index (κ2) is 7.14. The van der Waals surface area contributed by atoms with Crippen molar-refractivity contribution < 1.29 is 18.7 Å². The van der Waals surface area contributed by atoms with Gasteiger partial charge in [0.05, 0.1) is 23.9 Å². The summed E-state index contributed by atoms with van der Waals surface area (Å²) in [4.78, 5) is 26.5. The Labute approximate surface area is 155 Å². The first-order valence-electron chi connectivity index (χ1n) is 7.80. The molecule has 0 unspecified atom stereocenters. The molecule has 0 aromatic heterocycles. The van der Waals surface area contributed by atoms with Crippen molar-refractivity contribution in [3.63, 3.8) is 0 Å². The molecule has 0 radical (unpaired) electrons. The molecule has 0 bridgehead atoms. The lowest BCUT2D eigenvalue weighted by Crippen LogP contribution is -2.25. The highest BCUT2D eigenvalue weighted by atomic mass is 35.5. The molecule has 1 heterocycles. The Balaban J connectivity index is 2.20. The second-order valence-corrected chi connectivity index (χ2v) is 6.03. The van der Waals surface area contributed by atoms with Crippen LogP contribution in [0.1, 0.15) is 12.5 Å². The number of carbonyl (C=O) groups excluding carboxylic acids is 2. The zero-order valence-electron chi connectivity index (χ0n) is 14.1. The monoisotopic (exact) mass is 371 g/mol. The normalized spacial score (nSPS) is 15.8. The summed E-state index contributed by atoms with van der Waals surface area (Å²) in [5, 5.41) is 0.430. The van der Waals surface area contributed by atoms with E-state index in [1.165, 1.54) is 36.3 Å². The molecule has 1 aliphatic heterocycles. The fraction of sp³-hybridized carbons (Fsp3) is 0.100. The molecule has 0 spiro atoms. The molecule has 2 aromatic rings. The quantitative estimate of drug-likeness (QED) is 0.595. The van der Waals surface area contributed by atoms with E-state index >= 15 is 0 Å². The van der Waals surface area contributed by atoms with E-state index in [0.717, 1.165) is 0 Å². The summed E-state index contributed by atoms with van der Waals surface area (Å²) in [6.45, 7) is 1.57. The first-order chi connectivity index (χ1) is 12.5. The smallest absolute Gasteiger partial charge is 0.340 e. The summed E-state index contributed by atoms with van der Waals surface area (Å²) < 4.78 is 19.1. The van der Waals surface area contributed by atoms with Crippen molar-refractivity contribution in [3.05, 3.63) is 81.8 Å². The van der Waals surface area contributed by atoms with Gasteiger partial charge in [-0.2, -0.15) is 0 Å². The number of esters is 1. The van der Waals surface area contributed by atoms with Crippen LogP contribution in [0.25, 0.3) is 6.08 Å². The highest BCUT2D eigenvalue weighted by Gasteiger charge is 2.38. The van der Waals surface area contributed by atoms with Crippen LogP contribution < -0.4 is 4.90 Å². The summed E-state index contributed by atoms with van der Waals surface area (Å²) >= 11 is 6.16. The fourth-order valence-corrected chi connectivity index (χ4v) is 3.04. The maximum atomic E-state index is 14.2. The minimum atomic E-state index is -0.673. The van der Waals surface area contributed by atoms with Crippen LogP contribution in [0.3, 0.4) is 0 Å². The summed E-state index contributed by atoms with van der Waals surface area (Å²) in [6.07, 6.45) is 1.52. The molecule has 4 nitrogen and oxygen atoms in total. The third-order valence-corrected chi connectivity index (χ3v) is 4.43. The number of halogens is 2. The average Bonchev–Trinajstić information content (AvgIpc) is 2.87. The summed E-state index contributed by atoms with van der Waals surface area (Å²) in [5.74, 6) is -1.76. The van der Waals surface area contributed by atoms with Crippen LogP contribution in [0.4, 0.5) is 10.1 Å². The van der Waals surface area contributed by atoms with Gasteiger partial charge in [0.15, 0.2) is 0 Å². The number of rotatable bonds is 3. The molecule has 1 amide bonds. The van der Waals surface area contributed by atoms with E-state index < -0.39 is 17.7 Å². The molecular formula is C20H15ClFNO3. The highest BCUT2D eigenvalue weighted by molar-refractivity contribution is 6.32. The maximum Gasteiger partial charge on any atom is 0.340 e. The largest absolute Gasteiger partial charge is 0.465 e. The van der Waals surface area contributed by atoms with E-state index in [-0.39, 0.29) is 16.8 Å². The van der Waals surface area contributed by atoms with Crippen LogP contribution in [-0.4, -0.2) is 19.0 Å². The number of para-hydroxylation sites is 1. The average molecular weight is 372 g/mol. The summed E-state index contributed by atoms with van der Waals surface area (Å²) in [6, 6.07) is 12.8. The zero-order valence-corrected chi connectivity index (χ0v) is 14.9. The SMILES string of the molecule is COC(=O)C1=C(C)N(c2ccccc2F)C(=O)/C1=C\c1ccccc1Cl. The molecule has 132 valence electrons. The van der Waals surface area contributed by atoms with E-state index in [1.54, 1.807) is 37.3 Å². The predicted octanol–water partition coefficient (Wildman–Crippen LogP) is 4.36. The van der Waals surface area contributed by atoms with Crippen molar-refractivity contribution in [3.8, 4) is 0 Å². The van der Waals surface area contributed by atoms with Crippen LogP contribution in [-0.2, 0) is 14.3 Å². The van der Waals surface area contributed by atoms with Crippen molar-refractivity contribution in [1.82, 2.24) is 0 Å². The van der Waals surface area contributed by atoms with E-state index in [0.29, 0.717) is 16.3 Å². The molecule has 26 heavy (non-hydrogen) atoms. The number of benzene rings is 2. The molecule has 0 atom stereocenters. The minimum absolute atomic E-state index is 0.0685. The Kier molecular flexibility index (Phi) is 4.91. The lowest BCUT2D eigenvalue weighted by Gasteiger charge is -2.18. The van der Waals surface area contributed by atoms with Gasteiger partial charge in [0.25, 0.3) is 5.91 Å². The minimum Gasteiger partial charge on any atom is -0.465 e. The van der Waals surface area contributed by atoms with Crippen LogP contribution in [0.5, 0.6) is 0 Å².